The Morgan fingerprint density at radius 1 is 1.13 bits per heavy atom. The lowest BCUT2D eigenvalue weighted by atomic mass is 9.91. The van der Waals surface area contributed by atoms with Gasteiger partial charge in [-0.15, -0.1) is 0 Å². The number of ether oxygens (including phenoxy) is 1. The first kappa shape index (κ1) is 26.2. The van der Waals surface area contributed by atoms with Crippen LogP contribution in [0.25, 0.3) is 11.3 Å². The topological polar surface area (TPSA) is 109 Å². The van der Waals surface area contributed by atoms with E-state index in [0.29, 0.717) is 33.8 Å². The van der Waals surface area contributed by atoms with Crippen molar-refractivity contribution in [3.63, 3.8) is 0 Å². The van der Waals surface area contributed by atoms with Crippen LogP contribution in [-0.4, -0.2) is 39.6 Å². The first-order valence-corrected chi connectivity index (χ1v) is 13.2. The van der Waals surface area contributed by atoms with Crippen molar-refractivity contribution in [1.29, 1.82) is 0 Å². The van der Waals surface area contributed by atoms with Crippen molar-refractivity contribution in [2.45, 2.75) is 53.4 Å². The van der Waals surface area contributed by atoms with Crippen LogP contribution >= 0.6 is 0 Å². The number of carbonyl (C=O) groups is 2. The maximum absolute atomic E-state index is 13.3. The van der Waals surface area contributed by atoms with Crippen LogP contribution in [0.5, 0.6) is 5.75 Å². The van der Waals surface area contributed by atoms with Gasteiger partial charge in [0.1, 0.15) is 5.75 Å². The Kier molecular flexibility index (Phi) is 6.99. The van der Waals surface area contributed by atoms with Gasteiger partial charge in [-0.2, -0.15) is 15.2 Å². The van der Waals surface area contributed by atoms with Crippen LogP contribution in [-0.2, 0) is 29.4 Å². The van der Waals surface area contributed by atoms with Crippen LogP contribution in [0.1, 0.15) is 59.4 Å². The number of nitrogens with one attached hydrogen (secondary N) is 1. The molecule has 0 spiro atoms. The number of para-hydroxylation sites is 1. The largest absolute Gasteiger partial charge is 0.505 e. The molecule has 2 aromatic carbocycles. The fourth-order valence-corrected chi connectivity index (χ4v) is 5.46. The number of amides is 1. The van der Waals surface area contributed by atoms with Gasteiger partial charge in [-0.25, -0.2) is 4.79 Å². The summed E-state index contributed by atoms with van der Waals surface area (Å²) in [5.74, 6) is -0.778. The van der Waals surface area contributed by atoms with Crippen molar-refractivity contribution in [1.82, 2.24) is 4.57 Å². The number of nitrogens with zero attached hydrogens (tertiary/aromatic N) is 4. The lowest BCUT2D eigenvalue weighted by molar-refractivity contribution is -0.112. The fraction of sp³-hybridized carbons (Fsp3) is 0.333. The van der Waals surface area contributed by atoms with E-state index < -0.39 is 5.97 Å². The van der Waals surface area contributed by atoms with Gasteiger partial charge in [0.25, 0.3) is 0 Å². The molecular formula is C30H33N5O4. The molecule has 0 saturated heterocycles. The van der Waals surface area contributed by atoms with Gasteiger partial charge >= 0.3 is 11.9 Å². The minimum atomic E-state index is -0.396. The zero-order valence-corrected chi connectivity index (χ0v) is 23.0. The number of phenolic OH excluding ortho intramolecular Hbond substituents is 1. The highest BCUT2D eigenvalue weighted by atomic mass is 16.5. The molecule has 0 atom stereocenters. The van der Waals surface area contributed by atoms with Crippen molar-refractivity contribution < 1.29 is 19.4 Å². The lowest BCUT2D eigenvalue weighted by Gasteiger charge is -2.19. The minimum Gasteiger partial charge on any atom is -0.505 e. The van der Waals surface area contributed by atoms with Crippen LogP contribution in [0.2, 0.25) is 0 Å². The SMILES string of the molecule is CCOC(=O)c1c(C)c(-c2cccc(NN=C3C(=O)N(c4ccc5c(c4)CCCC5)N=C3C)c2O)n(C)c1C. The maximum Gasteiger partial charge on any atom is 0.340 e. The van der Waals surface area contributed by atoms with Gasteiger partial charge in [0.2, 0.25) is 0 Å². The Morgan fingerprint density at radius 2 is 1.87 bits per heavy atom. The van der Waals surface area contributed by atoms with Gasteiger partial charge in [-0.3, -0.25) is 10.2 Å². The molecule has 0 fully saturated rings. The molecule has 1 aliphatic heterocycles. The molecule has 2 aliphatic rings. The van der Waals surface area contributed by atoms with Crippen molar-refractivity contribution in [3.8, 4) is 17.0 Å². The molecule has 3 aromatic rings. The number of rotatable bonds is 6. The third kappa shape index (κ3) is 4.58. The van der Waals surface area contributed by atoms with E-state index >= 15 is 0 Å². The summed E-state index contributed by atoms with van der Waals surface area (Å²) < 4.78 is 7.10. The summed E-state index contributed by atoms with van der Waals surface area (Å²) in [6, 6.07) is 11.3. The Bertz CT molecular complexity index is 1550. The molecule has 9 nitrogen and oxygen atoms in total. The molecule has 0 radical (unpaired) electrons. The number of anilines is 2. The van der Waals surface area contributed by atoms with Gasteiger partial charge in [-0.05, 0) is 94.3 Å². The maximum atomic E-state index is 13.3. The summed E-state index contributed by atoms with van der Waals surface area (Å²) in [4.78, 5) is 25.8. The summed E-state index contributed by atoms with van der Waals surface area (Å²) in [5, 5.41) is 21.4. The van der Waals surface area contributed by atoms with Gasteiger partial charge in [0.15, 0.2) is 5.71 Å². The second-order valence-corrected chi connectivity index (χ2v) is 9.95. The third-order valence-electron chi connectivity index (χ3n) is 7.55. The zero-order valence-electron chi connectivity index (χ0n) is 23.0. The Morgan fingerprint density at radius 3 is 2.62 bits per heavy atom. The molecule has 39 heavy (non-hydrogen) atoms. The Balaban J connectivity index is 1.42. The van der Waals surface area contributed by atoms with Crippen molar-refractivity contribution in [2.75, 3.05) is 17.0 Å². The second-order valence-electron chi connectivity index (χ2n) is 9.95. The number of hydrogen-bond donors (Lipinski definition) is 2. The highest BCUT2D eigenvalue weighted by Gasteiger charge is 2.31. The van der Waals surface area contributed by atoms with Crippen LogP contribution in [0.15, 0.2) is 46.6 Å². The zero-order chi connectivity index (χ0) is 27.8. The van der Waals surface area contributed by atoms with Crippen molar-refractivity contribution in [3.05, 3.63) is 64.3 Å². The molecule has 9 heteroatoms. The van der Waals surface area contributed by atoms with E-state index in [0.717, 1.165) is 30.6 Å². The highest BCUT2D eigenvalue weighted by Crippen LogP contribution is 2.39. The third-order valence-corrected chi connectivity index (χ3v) is 7.55. The number of benzene rings is 2. The van der Waals surface area contributed by atoms with Crippen molar-refractivity contribution >= 4 is 34.7 Å². The van der Waals surface area contributed by atoms with Crippen LogP contribution in [0.4, 0.5) is 11.4 Å². The number of aryl methyl sites for hydroxylation is 2. The average molecular weight is 528 g/mol. The number of carbonyl (C=O) groups excluding carboxylic acids is 2. The Labute approximate surface area is 227 Å². The standard InChI is InChI=1S/C30H33N5O4/c1-6-39-30(38)25-17(2)27(34(5)19(25)4)23-12-9-13-24(28(23)36)31-32-26-18(3)33-35(29(26)37)22-15-14-20-10-7-8-11-21(20)16-22/h9,12-16,31,36H,6-8,10-11H2,1-5H3. The molecule has 1 aliphatic carbocycles. The number of phenols is 1. The molecule has 1 aromatic heterocycles. The number of aromatic hydroxyl groups is 1. The number of hydrazone groups is 2. The molecule has 2 heterocycles. The number of fused-ring (bicyclic) bond motifs is 1. The smallest absolute Gasteiger partial charge is 0.340 e. The second kappa shape index (κ2) is 10.4. The summed E-state index contributed by atoms with van der Waals surface area (Å²) in [6.45, 7) is 7.46. The van der Waals surface area contributed by atoms with E-state index in [4.69, 9.17) is 4.74 Å². The molecule has 0 unspecified atom stereocenters. The number of esters is 1. The normalized spacial score (nSPS) is 15.9. The Hall–Kier alpha value is -4.40. The summed E-state index contributed by atoms with van der Waals surface area (Å²) in [6.07, 6.45) is 4.42. The van der Waals surface area contributed by atoms with E-state index in [2.05, 4.69) is 21.7 Å². The summed E-state index contributed by atoms with van der Waals surface area (Å²) in [7, 11) is 1.84. The van der Waals surface area contributed by atoms with Gasteiger partial charge in [-0.1, -0.05) is 12.1 Å². The molecule has 5 rings (SSSR count). The molecule has 202 valence electrons. The average Bonchev–Trinajstić information content (AvgIpc) is 3.33. The molecule has 0 bridgehead atoms. The fourth-order valence-electron chi connectivity index (χ4n) is 5.46. The molecule has 2 N–H and O–H groups in total. The lowest BCUT2D eigenvalue weighted by Crippen LogP contribution is -2.28. The van der Waals surface area contributed by atoms with E-state index in [1.165, 1.54) is 22.6 Å². The monoisotopic (exact) mass is 527 g/mol. The van der Waals surface area contributed by atoms with Crippen LogP contribution < -0.4 is 10.4 Å². The van der Waals surface area contributed by atoms with Gasteiger partial charge < -0.3 is 14.4 Å². The molecule has 0 saturated carbocycles. The predicted molar refractivity (Wildman–Crippen MR) is 153 cm³/mol. The van der Waals surface area contributed by atoms with Gasteiger partial charge in [0.05, 0.1) is 35.0 Å². The molecule has 1 amide bonds. The summed E-state index contributed by atoms with van der Waals surface area (Å²) >= 11 is 0. The van der Waals surface area contributed by atoms with E-state index in [9.17, 15) is 14.7 Å². The number of aromatic nitrogens is 1. The quantitative estimate of drug-likeness (QED) is 0.258. The van der Waals surface area contributed by atoms with Crippen LogP contribution in [0, 0.1) is 13.8 Å². The van der Waals surface area contributed by atoms with Crippen molar-refractivity contribution in [2.24, 2.45) is 17.3 Å². The first-order chi connectivity index (χ1) is 18.7. The minimum absolute atomic E-state index is 0.0486. The predicted octanol–water partition coefficient (Wildman–Crippen LogP) is 5.26. The summed E-state index contributed by atoms with van der Waals surface area (Å²) in [5.41, 5.74) is 10.3. The van der Waals surface area contributed by atoms with E-state index in [1.807, 2.05) is 37.6 Å². The van der Waals surface area contributed by atoms with Gasteiger partial charge in [0, 0.05) is 18.3 Å². The number of hydrogen-bond acceptors (Lipinski definition) is 7. The first-order valence-electron chi connectivity index (χ1n) is 13.2. The van der Waals surface area contributed by atoms with E-state index in [1.54, 1.807) is 32.0 Å². The van der Waals surface area contributed by atoms with Crippen LogP contribution in [0.3, 0.4) is 0 Å². The van der Waals surface area contributed by atoms with E-state index in [-0.39, 0.29) is 24.0 Å². The highest BCUT2D eigenvalue weighted by molar-refractivity contribution is 6.71. The molecular weight excluding hydrogens is 494 g/mol.